The van der Waals surface area contributed by atoms with Gasteiger partial charge in [0, 0.05) is 6.42 Å². The highest BCUT2D eigenvalue weighted by atomic mass is 16.6. The average molecular weight is 166 g/mol. The minimum absolute atomic E-state index is 0.238. The summed E-state index contributed by atoms with van der Waals surface area (Å²) in [6.45, 7) is 0. The van der Waals surface area contributed by atoms with E-state index in [9.17, 15) is 4.79 Å². The van der Waals surface area contributed by atoms with Crippen molar-refractivity contribution in [3.63, 3.8) is 0 Å². The molecule has 0 spiro atoms. The number of ether oxygens (including phenoxy) is 2. The maximum absolute atomic E-state index is 10.7. The molecule has 62 valence electrons. The zero-order chi connectivity index (χ0) is 8.55. The van der Waals surface area contributed by atoms with Crippen LogP contribution in [0, 0.1) is 11.3 Å². The fourth-order valence-electron chi connectivity index (χ4n) is 1.20. The van der Waals surface area contributed by atoms with E-state index in [0.717, 1.165) is 0 Å². The number of alkyl carbamates (subject to hydrolysis) is 1. The number of hydrogen-bond acceptors (Lipinski definition) is 4. The number of carbonyl (C=O) groups is 1. The fourth-order valence-corrected chi connectivity index (χ4v) is 1.20. The van der Waals surface area contributed by atoms with Crippen molar-refractivity contribution in [1.29, 1.82) is 5.26 Å². The van der Waals surface area contributed by atoms with E-state index in [1.165, 1.54) is 0 Å². The molecule has 1 amide bonds. The van der Waals surface area contributed by atoms with Crippen LogP contribution in [0.25, 0.3) is 0 Å². The SMILES string of the molecule is N#CC1=CCC2OC(=O)NC2O1. The standard InChI is InChI=1S/C7H6N2O3/c8-3-4-1-2-5-6(11-4)9-7(10)12-5/h1,5-6H,2H2,(H,9,10). The molecule has 2 unspecified atom stereocenters. The van der Waals surface area contributed by atoms with Crippen molar-refractivity contribution in [1.82, 2.24) is 5.32 Å². The highest BCUT2D eigenvalue weighted by Gasteiger charge is 2.37. The summed E-state index contributed by atoms with van der Waals surface area (Å²) >= 11 is 0. The lowest BCUT2D eigenvalue weighted by atomic mass is 10.2. The van der Waals surface area contributed by atoms with Crippen molar-refractivity contribution in [2.75, 3.05) is 0 Å². The van der Waals surface area contributed by atoms with Crippen LogP contribution in [0.2, 0.25) is 0 Å². The van der Waals surface area contributed by atoms with Crippen molar-refractivity contribution in [3.8, 4) is 6.07 Å². The zero-order valence-corrected chi connectivity index (χ0v) is 6.11. The molecule has 5 nitrogen and oxygen atoms in total. The van der Waals surface area contributed by atoms with Crippen LogP contribution >= 0.6 is 0 Å². The van der Waals surface area contributed by atoms with Crippen molar-refractivity contribution >= 4 is 6.09 Å². The summed E-state index contributed by atoms with van der Waals surface area (Å²) in [5.41, 5.74) is 0. The third-order valence-corrected chi connectivity index (χ3v) is 1.76. The van der Waals surface area contributed by atoms with Gasteiger partial charge in [-0.05, 0) is 6.08 Å². The summed E-state index contributed by atoms with van der Waals surface area (Å²) < 4.78 is 9.90. The number of nitrogens with one attached hydrogen (secondary N) is 1. The van der Waals surface area contributed by atoms with Crippen molar-refractivity contribution in [2.24, 2.45) is 0 Å². The highest BCUT2D eigenvalue weighted by Crippen LogP contribution is 2.22. The quantitative estimate of drug-likeness (QED) is 0.559. The summed E-state index contributed by atoms with van der Waals surface area (Å²) in [5, 5.41) is 10.9. The second-order valence-corrected chi connectivity index (χ2v) is 2.54. The van der Waals surface area contributed by atoms with Gasteiger partial charge in [0.05, 0.1) is 0 Å². The van der Waals surface area contributed by atoms with Gasteiger partial charge in [0.2, 0.25) is 6.23 Å². The van der Waals surface area contributed by atoms with E-state index in [4.69, 9.17) is 14.7 Å². The van der Waals surface area contributed by atoms with Gasteiger partial charge in [-0.25, -0.2) is 4.79 Å². The first-order valence-electron chi connectivity index (χ1n) is 3.53. The van der Waals surface area contributed by atoms with E-state index >= 15 is 0 Å². The van der Waals surface area contributed by atoms with E-state index in [0.29, 0.717) is 6.42 Å². The minimum Gasteiger partial charge on any atom is -0.457 e. The Hall–Kier alpha value is -1.70. The lowest BCUT2D eigenvalue weighted by molar-refractivity contribution is 0.0237. The maximum Gasteiger partial charge on any atom is 0.410 e. The first kappa shape index (κ1) is 6.98. The second kappa shape index (κ2) is 2.41. The molecule has 0 aliphatic carbocycles. The number of allylic oxidation sites excluding steroid dienone is 1. The molecule has 2 rings (SSSR count). The van der Waals surface area contributed by atoms with Gasteiger partial charge in [0.15, 0.2) is 11.9 Å². The molecule has 5 heteroatoms. The van der Waals surface area contributed by atoms with Crippen LogP contribution in [0.4, 0.5) is 4.79 Å². The van der Waals surface area contributed by atoms with Crippen LogP contribution in [-0.2, 0) is 9.47 Å². The van der Waals surface area contributed by atoms with Gasteiger partial charge in [-0.3, -0.25) is 5.32 Å². The van der Waals surface area contributed by atoms with Gasteiger partial charge in [-0.15, -0.1) is 0 Å². The lowest BCUT2D eigenvalue weighted by Gasteiger charge is -2.20. The Labute approximate surface area is 68.6 Å². The van der Waals surface area contributed by atoms with E-state index in [-0.39, 0.29) is 11.9 Å². The van der Waals surface area contributed by atoms with Gasteiger partial charge in [-0.2, -0.15) is 5.26 Å². The smallest absolute Gasteiger partial charge is 0.410 e. The molecule has 0 aromatic heterocycles. The average Bonchev–Trinajstić information content (AvgIpc) is 2.43. The molecule has 0 saturated carbocycles. The van der Waals surface area contributed by atoms with Crippen LogP contribution < -0.4 is 5.32 Å². The molecule has 2 aliphatic rings. The van der Waals surface area contributed by atoms with E-state index in [1.54, 1.807) is 6.08 Å². The number of fused-ring (bicyclic) bond motifs is 1. The Balaban J connectivity index is 2.13. The number of carbonyl (C=O) groups excluding carboxylic acids is 1. The van der Waals surface area contributed by atoms with Crippen LogP contribution in [0.5, 0.6) is 0 Å². The topological polar surface area (TPSA) is 71.3 Å². The number of amides is 1. The molecule has 0 radical (unpaired) electrons. The molecule has 12 heavy (non-hydrogen) atoms. The van der Waals surface area contributed by atoms with Crippen LogP contribution in [-0.4, -0.2) is 18.4 Å². The second-order valence-electron chi connectivity index (χ2n) is 2.54. The van der Waals surface area contributed by atoms with Crippen LogP contribution in [0.1, 0.15) is 6.42 Å². The summed E-state index contributed by atoms with van der Waals surface area (Å²) in [6.07, 6.45) is 0.887. The monoisotopic (exact) mass is 166 g/mol. The van der Waals surface area contributed by atoms with Crippen LogP contribution in [0.3, 0.4) is 0 Å². The maximum atomic E-state index is 10.7. The number of nitriles is 1. The molecular formula is C7H6N2O3. The molecule has 0 bridgehead atoms. The lowest BCUT2D eigenvalue weighted by Crippen LogP contribution is -2.35. The molecule has 1 saturated heterocycles. The van der Waals surface area contributed by atoms with E-state index in [2.05, 4.69) is 5.32 Å². The highest BCUT2D eigenvalue weighted by molar-refractivity contribution is 5.70. The zero-order valence-electron chi connectivity index (χ0n) is 6.11. The molecule has 2 atom stereocenters. The minimum atomic E-state index is -0.489. The molecule has 1 fully saturated rings. The van der Waals surface area contributed by atoms with Gasteiger partial charge in [0.25, 0.3) is 0 Å². The summed E-state index contributed by atoms with van der Waals surface area (Å²) in [6, 6.07) is 1.86. The van der Waals surface area contributed by atoms with E-state index < -0.39 is 12.3 Å². The Kier molecular flexibility index (Phi) is 1.40. The molecule has 1 N–H and O–H groups in total. The predicted molar refractivity (Wildman–Crippen MR) is 36.6 cm³/mol. The van der Waals surface area contributed by atoms with Crippen molar-refractivity contribution in [2.45, 2.75) is 18.8 Å². The third kappa shape index (κ3) is 0.975. The summed E-state index contributed by atoms with van der Waals surface area (Å²) in [7, 11) is 0. The Bertz CT molecular complexity index is 292. The third-order valence-electron chi connectivity index (χ3n) is 1.76. The fraction of sp³-hybridized carbons (Fsp3) is 0.429. The number of nitrogens with zero attached hydrogens (tertiary/aromatic N) is 1. The van der Waals surface area contributed by atoms with Crippen molar-refractivity contribution in [3.05, 3.63) is 11.8 Å². The van der Waals surface area contributed by atoms with Crippen LogP contribution in [0.15, 0.2) is 11.8 Å². The molecule has 0 aromatic carbocycles. The number of hydrogen-bond donors (Lipinski definition) is 1. The van der Waals surface area contributed by atoms with Gasteiger partial charge >= 0.3 is 6.09 Å². The molecule has 2 heterocycles. The van der Waals surface area contributed by atoms with E-state index in [1.807, 2.05) is 6.07 Å². The Morgan fingerprint density at radius 1 is 1.67 bits per heavy atom. The summed E-state index contributed by atoms with van der Waals surface area (Å²) in [4.78, 5) is 10.7. The Morgan fingerprint density at radius 2 is 2.50 bits per heavy atom. The molecule has 0 aromatic rings. The number of rotatable bonds is 0. The first-order chi connectivity index (χ1) is 5.79. The van der Waals surface area contributed by atoms with Gasteiger partial charge < -0.3 is 9.47 Å². The van der Waals surface area contributed by atoms with Gasteiger partial charge in [-0.1, -0.05) is 0 Å². The normalized spacial score (nSPS) is 31.9. The molecular weight excluding hydrogens is 160 g/mol. The first-order valence-corrected chi connectivity index (χ1v) is 3.53. The molecule has 2 aliphatic heterocycles. The Morgan fingerprint density at radius 3 is 3.25 bits per heavy atom. The van der Waals surface area contributed by atoms with Gasteiger partial charge in [0.1, 0.15) is 6.07 Å². The summed E-state index contributed by atoms with van der Waals surface area (Å²) in [5.74, 6) is 0.238. The largest absolute Gasteiger partial charge is 0.457 e. The predicted octanol–water partition coefficient (Wildman–Crippen LogP) is 0.249. The van der Waals surface area contributed by atoms with Crippen molar-refractivity contribution < 1.29 is 14.3 Å².